The van der Waals surface area contributed by atoms with Crippen molar-refractivity contribution in [3.8, 4) is 11.4 Å². The summed E-state index contributed by atoms with van der Waals surface area (Å²) >= 11 is 0. The second-order valence-corrected chi connectivity index (χ2v) is 7.42. The van der Waals surface area contributed by atoms with Gasteiger partial charge in [-0.2, -0.15) is 0 Å². The number of phenols is 1. The molecule has 0 spiro atoms. The highest BCUT2D eigenvalue weighted by atomic mass is 19.1. The number of nitrogens with zero attached hydrogens (tertiary/aromatic N) is 2. The van der Waals surface area contributed by atoms with Gasteiger partial charge >= 0.3 is 5.97 Å². The van der Waals surface area contributed by atoms with E-state index in [2.05, 4.69) is 5.32 Å². The number of carbonyl (C=O) groups is 1. The van der Waals surface area contributed by atoms with Crippen LogP contribution in [0.1, 0.15) is 17.3 Å². The first-order chi connectivity index (χ1) is 14.7. The summed E-state index contributed by atoms with van der Waals surface area (Å²) < 4.78 is 44.1. The molecule has 0 saturated carbocycles. The predicted molar refractivity (Wildman–Crippen MR) is 108 cm³/mol. The van der Waals surface area contributed by atoms with Crippen LogP contribution in [-0.2, 0) is 0 Å². The van der Waals surface area contributed by atoms with Crippen LogP contribution in [0.2, 0.25) is 0 Å². The number of halogens is 3. The fourth-order valence-electron chi connectivity index (χ4n) is 3.79. The standard InChI is InChI=1S/C21H18F3N3O4/c1-10-8-26(3-2-25-10)17-6-16-11(4-13(17)22)20(29)12(21(30)31)9-27(16)18-7-19(28)15(24)5-14(18)23/h4-7,9-10,25,28H,2-3,8H2,1H3,(H,30,31). The molecule has 0 aliphatic carbocycles. The van der Waals surface area contributed by atoms with Crippen LogP contribution in [-0.4, -0.2) is 46.4 Å². The minimum absolute atomic E-state index is 0.0162. The maximum atomic E-state index is 15.0. The summed E-state index contributed by atoms with van der Waals surface area (Å²) in [5.41, 5.74) is -1.88. The number of aromatic hydroxyl groups is 1. The summed E-state index contributed by atoms with van der Waals surface area (Å²) in [7, 11) is 0. The fourth-order valence-corrected chi connectivity index (χ4v) is 3.79. The van der Waals surface area contributed by atoms with Crippen molar-refractivity contribution in [3.05, 3.63) is 63.7 Å². The number of carboxylic acids is 1. The van der Waals surface area contributed by atoms with Gasteiger partial charge in [0.05, 0.1) is 16.9 Å². The Morgan fingerprint density at radius 3 is 2.48 bits per heavy atom. The Hall–Kier alpha value is -3.53. The van der Waals surface area contributed by atoms with Crippen LogP contribution < -0.4 is 15.6 Å². The lowest BCUT2D eigenvalue weighted by Gasteiger charge is -2.34. The van der Waals surface area contributed by atoms with Gasteiger partial charge in [0.2, 0.25) is 5.43 Å². The monoisotopic (exact) mass is 433 g/mol. The average Bonchev–Trinajstić information content (AvgIpc) is 2.71. The number of fused-ring (bicyclic) bond motifs is 1. The number of carboxylic acid groups (broad SMARTS) is 1. The first-order valence-corrected chi connectivity index (χ1v) is 9.46. The lowest BCUT2D eigenvalue weighted by atomic mass is 10.1. The van der Waals surface area contributed by atoms with Crippen LogP contribution in [0.15, 0.2) is 35.3 Å². The van der Waals surface area contributed by atoms with Gasteiger partial charge in [0.25, 0.3) is 0 Å². The lowest BCUT2D eigenvalue weighted by molar-refractivity contribution is 0.0695. The molecule has 0 bridgehead atoms. The quantitative estimate of drug-likeness (QED) is 0.588. The maximum Gasteiger partial charge on any atom is 0.341 e. The maximum absolute atomic E-state index is 15.0. The van der Waals surface area contributed by atoms with Crippen molar-refractivity contribution in [1.29, 1.82) is 0 Å². The third kappa shape index (κ3) is 3.59. The summed E-state index contributed by atoms with van der Waals surface area (Å²) in [6.45, 7) is 3.49. The van der Waals surface area contributed by atoms with Gasteiger partial charge < -0.3 is 25.0 Å². The van der Waals surface area contributed by atoms with E-state index in [4.69, 9.17) is 0 Å². The third-order valence-corrected chi connectivity index (χ3v) is 5.29. The van der Waals surface area contributed by atoms with E-state index >= 15 is 0 Å². The van der Waals surface area contributed by atoms with Crippen molar-refractivity contribution in [3.63, 3.8) is 0 Å². The number of aromatic nitrogens is 1. The number of benzene rings is 2. The number of nitrogens with one attached hydrogen (secondary N) is 1. The summed E-state index contributed by atoms with van der Waals surface area (Å²) in [6, 6.07) is 3.54. The highest BCUT2D eigenvalue weighted by Gasteiger charge is 2.23. The molecule has 1 aromatic heterocycles. The van der Waals surface area contributed by atoms with Crippen molar-refractivity contribution < 1.29 is 28.2 Å². The molecular formula is C21H18F3N3O4. The molecule has 1 atom stereocenters. The van der Waals surface area contributed by atoms with Gasteiger partial charge in [0.15, 0.2) is 11.6 Å². The molecule has 162 valence electrons. The topological polar surface area (TPSA) is 94.8 Å². The Kier molecular flexibility index (Phi) is 5.10. The van der Waals surface area contributed by atoms with Crippen LogP contribution in [0.3, 0.4) is 0 Å². The van der Waals surface area contributed by atoms with Gasteiger partial charge in [-0.1, -0.05) is 0 Å². The number of hydrogen-bond donors (Lipinski definition) is 3. The van der Waals surface area contributed by atoms with E-state index < -0.39 is 45.9 Å². The van der Waals surface area contributed by atoms with Crippen molar-refractivity contribution in [2.24, 2.45) is 0 Å². The SMILES string of the molecule is CC1CN(c2cc3c(cc2F)c(=O)c(C(=O)O)cn3-c2cc(O)c(F)cc2F)CCN1. The normalized spacial score (nSPS) is 16.6. The van der Waals surface area contributed by atoms with E-state index in [-0.39, 0.29) is 22.6 Å². The highest BCUT2D eigenvalue weighted by molar-refractivity contribution is 5.94. The van der Waals surface area contributed by atoms with Gasteiger partial charge in [0.1, 0.15) is 17.2 Å². The third-order valence-electron chi connectivity index (χ3n) is 5.29. The van der Waals surface area contributed by atoms with Gasteiger partial charge in [-0.15, -0.1) is 0 Å². The first kappa shape index (κ1) is 20.7. The Morgan fingerprint density at radius 2 is 1.81 bits per heavy atom. The number of pyridine rings is 1. The molecule has 1 unspecified atom stereocenters. The average molecular weight is 433 g/mol. The van der Waals surface area contributed by atoms with Crippen molar-refractivity contribution >= 4 is 22.6 Å². The molecular weight excluding hydrogens is 415 g/mol. The number of aromatic carboxylic acids is 1. The van der Waals surface area contributed by atoms with Gasteiger partial charge in [-0.3, -0.25) is 4.79 Å². The summed E-state index contributed by atoms with van der Waals surface area (Å²) in [5, 5.41) is 22.1. The first-order valence-electron chi connectivity index (χ1n) is 9.46. The molecule has 0 amide bonds. The van der Waals surface area contributed by atoms with E-state index in [0.717, 1.165) is 22.9 Å². The summed E-state index contributed by atoms with van der Waals surface area (Å²) in [6.07, 6.45) is 0.880. The molecule has 3 aromatic rings. The Morgan fingerprint density at radius 1 is 1.10 bits per heavy atom. The molecule has 3 N–H and O–H groups in total. The van der Waals surface area contributed by atoms with E-state index in [1.54, 1.807) is 4.90 Å². The van der Waals surface area contributed by atoms with Gasteiger partial charge in [-0.05, 0) is 19.1 Å². The van der Waals surface area contributed by atoms with Gasteiger partial charge in [0, 0.05) is 49.4 Å². The molecule has 1 aliphatic rings. The van der Waals surface area contributed by atoms with Crippen molar-refractivity contribution in [2.45, 2.75) is 13.0 Å². The zero-order chi connectivity index (χ0) is 22.4. The lowest BCUT2D eigenvalue weighted by Crippen LogP contribution is -2.49. The van der Waals surface area contributed by atoms with Crippen LogP contribution >= 0.6 is 0 Å². The number of phenolic OH excluding ortho intramolecular Hbond substituents is 1. The number of rotatable bonds is 3. The van der Waals surface area contributed by atoms with E-state index in [9.17, 15) is 33.0 Å². The molecule has 1 saturated heterocycles. The minimum atomic E-state index is -1.59. The van der Waals surface area contributed by atoms with Crippen molar-refractivity contribution in [2.75, 3.05) is 24.5 Å². The predicted octanol–water partition coefficient (Wildman–Crippen LogP) is 2.61. The molecule has 1 aliphatic heterocycles. The smallest absolute Gasteiger partial charge is 0.341 e. The molecule has 1 fully saturated rings. The molecule has 2 heterocycles. The minimum Gasteiger partial charge on any atom is -0.505 e. The zero-order valence-corrected chi connectivity index (χ0v) is 16.3. The molecule has 4 rings (SSSR count). The zero-order valence-electron chi connectivity index (χ0n) is 16.3. The van der Waals surface area contributed by atoms with Crippen LogP contribution in [0.5, 0.6) is 5.75 Å². The van der Waals surface area contributed by atoms with E-state index in [1.165, 1.54) is 6.07 Å². The van der Waals surface area contributed by atoms with Crippen LogP contribution in [0, 0.1) is 17.5 Å². The van der Waals surface area contributed by atoms with Gasteiger partial charge in [-0.25, -0.2) is 18.0 Å². The number of hydrogen-bond acceptors (Lipinski definition) is 5. The summed E-state index contributed by atoms with van der Waals surface area (Å²) in [4.78, 5) is 26.0. The van der Waals surface area contributed by atoms with Crippen LogP contribution in [0.25, 0.3) is 16.6 Å². The molecule has 10 heteroatoms. The van der Waals surface area contributed by atoms with Crippen LogP contribution in [0.4, 0.5) is 18.9 Å². The molecule has 2 aromatic carbocycles. The summed E-state index contributed by atoms with van der Waals surface area (Å²) in [5.74, 6) is -5.48. The Labute approximate surface area is 174 Å². The van der Waals surface area contributed by atoms with Crippen molar-refractivity contribution in [1.82, 2.24) is 9.88 Å². The Balaban J connectivity index is 2.05. The largest absolute Gasteiger partial charge is 0.505 e. The number of piperazine rings is 1. The van der Waals surface area contributed by atoms with E-state index in [0.29, 0.717) is 25.7 Å². The molecule has 0 radical (unpaired) electrons. The molecule has 7 nitrogen and oxygen atoms in total. The Bertz CT molecular complexity index is 1280. The second-order valence-electron chi connectivity index (χ2n) is 7.42. The number of anilines is 1. The molecule has 31 heavy (non-hydrogen) atoms. The highest BCUT2D eigenvalue weighted by Crippen LogP contribution is 2.30. The fraction of sp³-hybridized carbons (Fsp3) is 0.238. The van der Waals surface area contributed by atoms with E-state index in [1.807, 2.05) is 6.92 Å². The second kappa shape index (κ2) is 7.62.